The monoisotopic (exact) mass is 268 g/mol. The summed E-state index contributed by atoms with van der Waals surface area (Å²) in [6.45, 7) is 0. The van der Waals surface area contributed by atoms with Gasteiger partial charge < -0.3 is 0 Å². The molecule has 2 bridgehead atoms. The Morgan fingerprint density at radius 3 is 2.47 bits per heavy atom. The zero-order valence-electron chi connectivity index (χ0n) is 9.91. The van der Waals surface area contributed by atoms with Gasteiger partial charge in [-0.15, -0.1) is 11.6 Å². The van der Waals surface area contributed by atoms with Crippen LogP contribution in [0.5, 0.6) is 0 Å². The van der Waals surface area contributed by atoms with Crippen molar-refractivity contribution in [1.82, 2.24) is 0 Å². The molecule has 1 aromatic carbocycles. The van der Waals surface area contributed by atoms with Gasteiger partial charge in [0.2, 0.25) is 0 Å². The van der Waals surface area contributed by atoms with E-state index in [1.54, 1.807) is 0 Å². The largest absolute Gasteiger partial charge is 0.122 e. The highest BCUT2D eigenvalue weighted by Gasteiger charge is 2.42. The van der Waals surface area contributed by atoms with E-state index < -0.39 is 0 Å². The van der Waals surface area contributed by atoms with Crippen LogP contribution in [-0.4, -0.2) is 5.38 Å². The van der Waals surface area contributed by atoms with E-state index >= 15 is 0 Å². The molecular formula is C15H18Cl2. The summed E-state index contributed by atoms with van der Waals surface area (Å²) in [6.07, 6.45) is 6.67. The van der Waals surface area contributed by atoms with Crippen molar-refractivity contribution in [2.24, 2.45) is 17.8 Å². The minimum atomic E-state index is 0.312. The minimum Gasteiger partial charge on any atom is -0.122 e. The fraction of sp³-hybridized carbons (Fsp3) is 0.600. The summed E-state index contributed by atoms with van der Waals surface area (Å²) >= 11 is 12.5. The standard InChI is InChI=1S/C15H18Cl2/c16-13-5-2-10(3-6-13)9-15(17)14-8-11-1-4-12(14)7-11/h2-3,5-6,11-12,14-15H,1,4,7-9H2. The molecule has 0 heterocycles. The van der Waals surface area contributed by atoms with E-state index in [9.17, 15) is 0 Å². The number of benzene rings is 1. The Morgan fingerprint density at radius 1 is 1.12 bits per heavy atom. The normalized spacial score (nSPS) is 32.9. The number of alkyl halides is 1. The van der Waals surface area contributed by atoms with Crippen LogP contribution in [0.3, 0.4) is 0 Å². The molecule has 0 amide bonds. The van der Waals surface area contributed by atoms with Crippen molar-refractivity contribution >= 4 is 23.2 Å². The topological polar surface area (TPSA) is 0 Å². The van der Waals surface area contributed by atoms with Crippen LogP contribution < -0.4 is 0 Å². The highest BCUT2D eigenvalue weighted by molar-refractivity contribution is 6.30. The van der Waals surface area contributed by atoms with Crippen LogP contribution in [0.1, 0.15) is 31.2 Å². The lowest BCUT2D eigenvalue weighted by Gasteiger charge is -2.26. The number of hydrogen-bond acceptors (Lipinski definition) is 0. The molecule has 2 fully saturated rings. The van der Waals surface area contributed by atoms with Crippen LogP contribution >= 0.6 is 23.2 Å². The van der Waals surface area contributed by atoms with Crippen molar-refractivity contribution in [2.75, 3.05) is 0 Å². The molecule has 1 aromatic rings. The Morgan fingerprint density at radius 2 is 1.88 bits per heavy atom. The highest BCUT2D eigenvalue weighted by atomic mass is 35.5. The molecule has 4 atom stereocenters. The summed E-state index contributed by atoms with van der Waals surface area (Å²) in [5.41, 5.74) is 1.32. The molecule has 2 heteroatoms. The summed E-state index contributed by atoms with van der Waals surface area (Å²) in [5, 5.41) is 1.12. The van der Waals surface area contributed by atoms with E-state index in [4.69, 9.17) is 23.2 Å². The fourth-order valence-electron chi connectivity index (χ4n) is 3.73. The number of hydrogen-bond donors (Lipinski definition) is 0. The first kappa shape index (κ1) is 11.9. The third-order valence-corrected chi connectivity index (χ3v) is 5.33. The lowest BCUT2D eigenvalue weighted by molar-refractivity contribution is 0.319. The van der Waals surface area contributed by atoms with Gasteiger partial charge in [0, 0.05) is 10.4 Å². The second-order valence-corrected chi connectivity index (χ2v) is 6.68. The van der Waals surface area contributed by atoms with Crippen molar-refractivity contribution < 1.29 is 0 Å². The molecule has 0 saturated heterocycles. The molecule has 3 rings (SSSR count). The smallest absolute Gasteiger partial charge is 0.0407 e. The zero-order chi connectivity index (χ0) is 11.8. The SMILES string of the molecule is Clc1ccc(CC(Cl)C2CC3CCC2C3)cc1. The van der Waals surface area contributed by atoms with Crippen LogP contribution in [0.15, 0.2) is 24.3 Å². The maximum atomic E-state index is 6.62. The zero-order valence-corrected chi connectivity index (χ0v) is 11.4. The molecule has 92 valence electrons. The van der Waals surface area contributed by atoms with Crippen molar-refractivity contribution in [2.45, 2.75) is 37.5 Å². The Kier molecular flexibility index (Phi) is 3.36. The predicted molar refractivity (Wildman–Crippen MR) is 73.7 cm³/mol. The van der Waals surface area contributed by atoms with Gasteiger partial charge in [-0.3, -0.25) is 0 Å². The molecule has 0 nitrogen and oxygen atoms in total. The van der Waals surface area contributed by atoms with E-state index in [1.165, 1.54) is 31.2 Å². The summed E-state index contributed by atoms with van der Waals surface area (Å²) in [4.78, 5) is 0. The lowest BCUT2D eigenvalue weighted by atomic mass is 9.84. The Labute approximate surface area is 113 Å². The van der Waals surface area contributed by atoms with Crippen LogP contribution in [0.4, 0.5) is 0 Å². The first-order chi connectivity index (χ1) is 8.22. The maximum absolute atomic E-state index is 6.62. The first-order valence-electron chi connectivity index (χ1n) is 6.61. The Bertz CT molecular complexity index is 384. The van der Waals surface area contributed by atoms with Gasteiger partial charge in [0.15, 0.2) is 0 Å². The van der Waals surface area contributed by atoms with Crippen LogP contribution in [0, 0.1) is 17.8 Å². The van der Waals surface area contributed by atoms with E-state index in [2.05, 4.69) is 12.1 Å². The van der Waals surface area contributed by atoms with Gasteiger partial charge in [-0.2, -0.15) is 0 Å². The van der Waals surface area contributed by atoms with Crippen molar-refractivity contribution in [3.05, 3.63) is 34.9 Å². The van der Waals surface area contributed by atoms with E-state index in [0.29, 0.717) is 5.38 Å². The van der Waals surface area contributed by atoms with Crippen LogP contribution in [-0.2, 0) is 6.42 Å². The second kappa shape index (κ2) is 4.82. The third kappa shape index (κ3) is 2.48. The Hall–Kier alpha value is -0.200. The number of fused-ring (bicyclic) bond motifs is 2. The van der Waals surface area contributed by atoms with Gasteiger partial charge in [0.25, 0.3) is 0 Å². The molecule has 0 N–H and O–H groups in total. The second-order valence-electron chi connectivity index (χ2n) is 5.69. The molecule has 2 saturated carbocycles. The quantitative estimate of drug-likeness (QED) is 0.683. The average molecular weight is 269 g/mol. The molecule has 2 aliphatic carbocycles. The molecular weight excluding hydrogens is 251 g/mol. The van der Waals surface area contributed by atoms with Crippen molar-refractivity contribution in [3.8, 4) is 0 Å². The molecule has 0 aliphatic heterocycles. The first-order valence-corrected chi connectivity index (χ1v) is 7.42. The van der Waals surface area contributed by atoms with E-state index in [1.807, 2.05) is 12.1 Å². The van der Waals surface area contributed by atoms with Crippen molar-refractivity contribution in [1.29, 1.82) is 0 Å². The number of rotatable bonds is 3. The summed E-state index contributed by atoms with van der Waals surface area (Å²) in [7, 11) is 0. The van der Waals surface area contributed by atoms with Gasteiger partial charge in [-0.1, -0.05) is 30.2 Å². The molecule has 4 unspecified atom stereocenters. The third-order valence-electron chi connectivity index (χ3n) is 4.60. The van der Waals surface area contributed by atoms with E-state index in [-0.39, 0.29) is 0 Å². The van der Waals surface area contributed by atoms with E-state index in [0.717, 1.165) is 29.2 Å². The number of halogens is 2. The highest BCUT2D eigenvalue weighted by Crippen LogP contribution is 2.50. The van der Waals surface area contributed by atoms with Crippen molar-refractivity contribution in [3.63, 3.8) is 0 Å². The predicted octanol–water partition coefficient (Wildman–Crippen LogP) is 4.93. The van der Waals surface area contributed by atoms with Gasteiger partial charge in [0.1, 0.15) is 0 Å². The van der Waals surface area contributed by atoms with Gasteiger partial charge in [-0.25, -0.2) is 0 Å². The van der Waals surface area contributed by atoms with Crippen LogP contribution in [0.2, 0.25) is 5.02 Å². The lowest BCUT2D eigenvalue weighted by Crippen LogP contribution is -2.23. The fourth-order valence-corrected chi connectivity index (χ4v) is 4.35. The summed E-state index contributed by atoms with van der Waals surface area (Å²) in [6, 6.07) is 8.12. The Balaban J connectivity index is 1.63. The molecule has 17 heavy (non-hydrogen) atoms. The van der Waals surface area contributed by atoms with Gasteiger partial charge in [0.05, 0.1) is 0 Å². The summed E-state index contributed by atoms with van der Waals surface area (Å²) in [5.74, 6) is 2.65. The summed E-state index contributed by atoms with van der Waals surface area (Å²) < 4.78 is 0. The van der Waals surface area contributed by atoms with Crippen LogP contribution in [0.25, 0.3) is 0 Å². The molecule has 0 aromatic heterocycles. The molecule has 0 spiro atoms. The van der Waals surface area contributed by atoms with Gasteiger partial charge in [-0.05, 0) is 61.1 Å². The van der Waals surface area contributed by atoms with Gasteiger partial charge >= 0.3 is 0 Å². The molecule has 0 radical (unpaired) electrons. The average Bonchev–Trinajstić information content (AvgIpc) is 2.94. The maximum Gasteiger partial charge on any atom is 0.0407 e. The minimum absolute atomic E-state index is 0.312. The molecule has 2 aliphatic rings.